The number of rotatable bonds is 26. The molecule has 11 rings (SSSR count). The second-order valence-corrected chi connectivity index (χ2v) is 28.0. The monoisotopic (exact) mass is 1360 g/mol. The van der Waals surface area contributed by atoms with Crippen molar-refractivity contribution in [2.45, 2.75) is 135 Å². The summed E-state index contributed by atoms with van der Waals surface area (Å²) < 4.78 is 27.3. The van der Waals surface area contributed by atoms with Gasteiger partial charge in [0, 0.05) is 98.5 Å². The van der Waals surface area contributed by atoms with E-state index in [9.17, 15) is 69.3 Å². The number of hydrogen-bond donors (Lipinski definition) is 9. The van der Waals surface area contributed by atoms with Crippen molar-refractivity contribution in [1.29, 1.82) is 0 Å². The highest BCUT2D eigenvalue weighted by Crippen LogP contribution is 2.60. The molecule has 2 bridgehead atoms. The topological polar surface area (TPSA) is 375 Å². The molecule has 3 fully saturated rings. The molecule has 27 nitrogen and oxygen atoms in total. The summed E-state index contributed by atoms with van der Waals surface area (Å²) in [5.41, 5.74) is 4.38. The molecule has 3 aromatic heterocycles. The Labute approximate surface area is 562 Å². The average molecular weight is 1360 g/mol. The Morgan fingerprint density at radius 1 is 0.887 bits per heavy atom. The van der Waals surface area contributed by atoms with Crippen molar-refractivity contribution >= 4 is 74.2 Å². The van der Waals surface area contributed by atoms with Crippen LogP contribution in [0.3, 0.4) is 0 Å². The summed E-state index contributed by atoms with van der Waals surface area (Å²) in [6.07, 6.45) is -1.67. The maximum Gasteiger partial charge on any atom is 0.410 e. The van der Waals surface area contributed by atoms with E-state index in [1.165, 1.54) is 22.3 Å². The van der Waals surface area contributed by atoms with Crippen LogP contribution in [0.5, 0.6) is 5.75 Å². The van der Waals surface area contributed by atoms with Gasteiger partial charge in [0.05, 0.1) is 28.6 Å². The van der Waals surface area contributed by atoms with Crippen LogP contribution in [-0.4, -0.2) is 196 Å². The molecule has 2 aliphatic carbocycles. The number of imide groups is 1. The number of ether oxygens (including phenoxy) is 4. The van der Waals surface area contributed by atoms with Crippen LogP contribution in [0.15, 0.2) is 91.1 Å². The number of aliphatic hydroxyl groups is 5. The number of para-hydroxylation sites is 1. The number of aromatic nitrogens is 4. The molecule has 1 saturated heterocycles. The fourth-order valence-electron chi connectivity index (χ4n) is 15.1. The van der Waals surface area contributed by atoms with E-state index >= 15 is 0 Å². The number of carbonyl (C=O) groups is 7. The normalized spacial score (nSPS) is 24.5. The fourth-order valence-corrected chi connectivity index (χ4v) is 16.0. The number of amides is 5. The van der Waals surface area contributed by atoms with Gasteiger partial charge in [-0.2, -0.15) is 5.10 Å². The molecule has 6 heterocycles. The van der Waals surface area contributed by atoms with E-state index in [0.29, 0.717) is 78.5 Å². The van der Waals surface area contributed by atoms with Crippen LogP contribution in [0.2, 0.25) is 0 Å². The van der Waals surface area contributed by atoms with E-state index in [0.717, 1.165) is 69.8 Å². The molecule has 3 aromatic carbocycles. The number of aliphatic hydroxyl groups excluding tert-OH is 5. The van der Waals surface area contributed by atoms with Crippen LogP contribution in [-0.2, 0) is 65.9 Å². The average Bonchev–Trinajstić information content (AvgIpc) is 1.37. The number of benzene rings is 3. The van der Waals surface area contributed by atoms with Gasteiger partial charge in [-0.05, 0) is 128 Å². The first-order chi connectivity index (χ1) is 46.3. The van der Waals surface area contributed by atoms with Gasteiger partial charge in [0.25, 0.3) is 17.7 Å². The van der Waals surface area contributed by atoms with Crippen LogP contribution in [0.25, 0.3) is 21.3 Å². The Morgan fingerprint density at radius 3 is 2.40 bits per heavy atom. The van der Waals surface area contributed by atoms with Crippen molar-refractivity contribution in [1.82, 2.24) is 34.9 Å². The lowest BCUT2D eigenvalue weighted by atomic mass is 9.51. The Kier molecular flexibility index (Phi) is 20.9. The molecule has 9 N–H and O–H groups in total. The van der Waals surface area contributed by atoms with Gasteiger partial charge < -0.3 is 69.8 Å². The molecule has 97 heavy (non-hydrogen) atoms. The van der Waals surface area contributed by atoms with E-state index < -0.39 is 110 Å². The molecule has 5 amide bonds. The van der Waals surface area contributed by atoms with Crippen molar-refractivity contribution in [3.8, 4) is 16.9 Å². The highest BCUT2D eigenvalue weighted by atomic mass is 32.1. The highest BCUT2D eigenvalue weighted by Gasteiger charge is 2.56. The lowest BCUT2D eigenvalue weighted by Gasteiger charge is -2.58. The van der Waals surface area contributed by atoms with Gasteiger partial charge >= 0.3 is 18.0 Å². The minimum atomic E-state index is -2.01. The summed E-state index contributed by atoms with van der Waals surface area (Å²) in [5.74, 6) is -4.97. The number of pyridine rings is 1. The van der Waals surface area contributed by atoms with Crippen LogP contribution in [0, 0.1) is 29.6 Å². The maximum absolute atomic E-state index is 14.3. The first kappa shape index (κ1) is 69.6. The number of fused-ring (bicyclic) bond motifs is 4. The third-order valence-corrected chi connectivity index (χ3v) is 20.0. The zero-order valence-corrected chi connectivity index (χ0v) is 55.1. The Hall–Kier alpha value is -8.74. The second kappa shape index (κ2) is 29.1. The standard InChI is InChI=1S/C69H81N9O18S/c1-39-26-67(3)35-68(4,38-78-40(2)47(28-71-78)45-16-17-52(73-56(45)62(88)89)75-22-20-43-10-7-11-46(48(43)30-75)61(87)74-65-72-49-12-5-6-13-51(49)97-65)37-69(27-39,36-67)94-24-23-76(29-42(32-79)33-80)66(92)93-34-44-15-14-41(9-8-21-70-53(81)31-77-54(82)18-19-55(77)83)25-50(44)95-64-59(86)57(84)58(85)60(96-64)63(90)91/h5-7,10-19,25,28,39,42,57-60,64,79-80,84-86H,8-9,20-24,26-27,29-38H2,1-4H3,(H,70,81)(H,88,89)(H,90,91)(H,72,74,87)/t39?,57-,58-,59+,60-,64+,67?,68?,69?/m0/s1. The molecule has 0 spiro atoms. The van der Waals surface area contributed by atoms with Gasteiger partial charge in [-0.3, -0.25) is 34.1 Å². The number of hydrogen-bond acceptors (Lipinski definition) is 21. The molecular formula is C69H81N9O18S. The molecule has 2 saturated carbocycles. The fraction of sp³-hybridized carbons (Fsp3) is 0.478. The van der Waals surface area contributed by atoms with E-state index in [1.54, 1.807) is 30.5 Å². The summed E-state index contributed by atoms with van der Waals surface area (Å²) in [7, 11) is 0. The van der Waals surface area contributed by atoms with Crippen LogP contribution < -0.4 is 20.3 Å². The summed E-state index contributed by atoms with van der Waals surface area (Å²) in [4.78, 5) is 103. The molecule has 4 unspecified atom stereocenters. The van der Waals surface area contributed by atoms with E-state index in [4.69, 9.17) is 29.0 Å². The van der Waals surface area contributed by atoms with E-state index in [-0.39, 0.29) is 60.5 Å². The number of aliphatic carboxylic acids is 1. The lowest BCUT2D eigenvalue weighted by Crippen LogP contribution is -2.61. The zero-order valence-electron chi connectivity index (χ0n) is 54.3. The Balaban J connectivity index is 0.758. The highest BCUT2D eigenvalue weighted by molar-refractivity contribution is 7.22. The maximum atomic E-state index is 14.3. The number of aromatic carboxylic acids is 1. The summed E-state index contributed by atoms with van der Waals surface area (Å²) in [5, 5.41) is 84.0. The van der Waals surface area contributed by atoms with Gasteiger partial charge in [0.15, 0.2) is 16.9 Å². The van der Waals surface area contributed by atoms with Gasteiger partial charge in [0.1, 0.15) is 43.0 Å². The van der Waals surface area contributed by atoms with Gasteiger partial charge in [-0.1, -0.05) is 68.5 Å². The van der Waals surface area contributed by atoms with Gasteiger partial charge in [0.2, 0.25) is 12.2 Å². The minimum absolute atomic E-state index is 0.0203. The van der Waals surface area contributed by atoms with E-state index in [1.807, 2.05) is 59.0 Å². The van der Waals surface area contributed by atoms with Crippen molar-refractivity contribution in [3.63, 3.8) is 0 Å². The number of aryl methyl sites for hydroxylation is 1. The smallest absolute Gasteiger partial charge is 0.410 e. The molecule has 9 atom stereocenters. The van der Waals surface area contributed by atoms with Crippen LogP contribution in [0.4, 0.5) is 15.7 Å². The summed E-state index contributed by atoms with van der Waals surface area (Å²) >= 11 is 1.39. The molecule has 0 radical (unpaired) electrons. The zero-order chi connectivity index (χ0) is 69.1. The number of thiazole rings is 1. The van der Waals surface area contributed by atoms with Crippen molar-refractivity contribution in [3.05, 3.63) is 130 Å². The van der Waals surface area contributed by atoms with E-state index in [2.05, 4.69) is 36.4 Å². The first-order valence-corrected chi connectivity index (χ1v) is 33.2. The summed E-state index contributed by atoms with van der Waals surface area (Å²) in [6, 6.07) is 21.7. The first-order valence-electron chi connectivity index (χ1n) is 32.4. The van der Waals surface area contributed by atoms with Crippen LogP contribution in [0.1, 0.15) is 108 Å². The number of carboxylic acid groups (broad SMARTS) is 2. The van der Waals surface area contributed by atoms with Crippen molar-refractivity contribution in [2.24, 2.45) is 22.7 Å². The van der Waals surface area contributed by atoms with Crippen molar-refractivity contribution in [2.75, 3.05) is 62.8 Å². The lowest BCUT2D eigenvalue weighted by molar-refractivity contribution is -0.271. The Bertz CT molecular complexity index is 3960. The molecule has 3 aliphatic heterocycles. The number of carbonyl (C=O) groups excluding carboxylic acids is 5. The molecular weight excluding hydrogens is 1270 g/mol. The third kappa shape index (κ3) is 15.7. The van der Waals surface area contributed by atoms with Gasteiger partial charge in [-0.15, -0.1) is 0 Å². The number of anilines is 2. The predicted octanol–water partition coefficient (Wildman–Crippen LogP) is 5.24. The largest absolute Gasteiger partial charge is 0.479 e. The number of nitrogens with one attached hydrogen (secondary N) is 2. The minimum Gasteiger partial charge on any atom is -0.479 e. The third-order valence-electron chi connectivity index (χ3n) is 19.0. The van der Waals surface area contributed by atoms with Crippen molar-refractivity contribution < 1.29 is 88.3 Å². The number of nitrogens with zero attached hydrogens (tertiary/aromatic N) is 7. The Morgan fingerprint density at radius 2 is 1.66 bits per heavy atom. The summed E-state index contributed by atoms with van der Waals surface area (Å²) in [6.45, 7) is 8.13. The SMILES string of the molecule is Cc1c(-c2ccc(N3CCc4cccc(C(=O)Nc5nc6ccccc6s5)c4C3)nc2C(=O)O)cnn1CC1(C)CC2(C)CC(C)CC(OCCN(CC(CO)CO)C(=O)OCc3ccc(CCCNC(=O)CN4C(=O)C=CC4=O)cc3O[C@@H]3O[C@H](C(=O)O)[C@@H](O)[C@H](O)[C@H]3O)(C2)C1. The number of carboxylic acids is 2. The molecule has 516 valence electrons. The second-order valence-electron chi connectivity index (χ2n) is 27.0. The van der Waals surface area contributed by atoms with Crippen LogP contribution >= 0.6 is 11.3 Å². The molecule has 28 heteroatoms. The molecule has 5 aliphatic rings. The molecule has 6 aromatic rings. The van der Waals surface area contributed by atoms with Gasteiger partial charge in [-0.25, -0.2) is 24.4 Å². The quantitative estimate of drug-likeness (QED) is 0.0247. The predicted molar refractivity (Wildman–Crippen MR) is 351 cm³/mol.